The van der Waals surface area contributed by atoms with E-state index in [4.69, 9.17) is 5.26 Å². The molecule has 5 heteroatoms. The van der Waals surface area contributed by atoms with Gasteiger partial charge in [-0.05, 0) is 12.5 Å². The van der Waals surface area contributed by atoms with E-state index in [-0.39, 0.29) is 5.69 Å². The second-order valence-electron chi connectivity index (χ2n) is 2.47. The summed E-state index contributed by atoms with van der Waals surface area (Å²) in [7, 11) is 0. The minimum atomic E-state index is -0.523. The third kappa shape index (κ3) is 1.84. The Hall–Kier alpha value is -1.41. The molecule has 0 aliphatic rings. The maximum absolute atomic E-state index is 10.4. The lowest BCUT2D eigenvalue weighted by atomic mass is 10.1. The van der Waals surface area contributed by atoms with Gasteiger partial charge in [0.1, 0.15) is 0 Å². The van der Waals surface area contributed by atoms with Crippen molar-refractivity contribution in [1.82, 2.24) is 0 Å². The first-order valence-electron chi connectivity index (χ1n) is 3.41. The van der Waals surface area contributed by atoms with Gasteiger partial charge in [0.25, 0.3) is 5.69 Å². The summed E-state index contributed by atoms with van der Waals surface area (Å²) in [5.41, 5.74) is 0.961. The zero-order valence-electron chi connectivity index (χ0n) is 6.74. The fourth-order valence-corrected chi connectivity index (χ4v) is 1.33. The fourth-order valence-electron chi connectivity index (χ4n) is 0.886. The number of non-ortho nitro benzene ring substituents is 1. The largest absolute Gasteiger partial charge is 0.271 e. The van der Waals surface area contributed by atoms with Gasteiger partial charge in [0, 0.05) is 16.6 Å². The molecule has 1 aromatic carbocycles. The summed E-state index contributed by atoms with van der Waals surface area (Å²) in [5, 5.41) is 19.1. The molecule has 0 saturated carbocycles. The van der Waals surface area contributed by atoms with E-state index in [1.807, 2.05) is 6.07 Å². The third-order valence-electron chi connectivity index (χ3n) is 1.66. The average molecular weight is 241 g/mol. The van der Waals surface area contributed by atoms with Crippen molar-refractivity contribution in [2.24, 2.45) is 0 Å². The van der Waals surface area contributed by atoms with Crippen molar-refractivity contribution in [3.05, 3.63) is 37.8 Å². The zero-order valence-corrected chi connectivity index (χ0v) is 8.33. The van der Waals surface area contributed by atoms with Gasteiger partial charge in [0.15, 0.2) is 0 Å². The lowest BCUT2D eigenvalue weighted by molar-refractivity contribution is -0.385. The summed E-state index contributed by atoms with van der Waals surface area (Å²) in [6.07, 6.45) is 0. The van der Waals surface area contributed by atoms with Crippen LogP contribution in [-0.2, 0) is 0 Å². The second-order valence-corrected chi connectivity index (χ2v) is 3.32. The Morgan fingerprint density at radius 3 is 2.69 bits per heavy atom. The molecule has 66 valence electrons. The standard InChI is InChI=1S/C8H5BrN2O2/c1-5-6(4-10)2-7(11(12)13)3-8(5)9/h2-3H,1H3. The highest BCUT2D eigenvalue weighted by molar-refractivity contribution is 9.10. The van der Waals surface area contributed by atoms with Gasteiger partial charge in [-0.3, -0.25) is 10.1 Å². The van der Waals surface area contributed by atoms with Crippen LogP contribution < -0.4 is 0 Å². The van der Waals surface area contributed by atoms with Crippen LogP contribution in [0.3, 0.4) is 0 Å². The molecule has 1 rings (SSSR count). The Labute approximate surface area is 83.1 Å². The number of nitro groups is 1. The van der Waals surface area contributed by atoms with Crippen LogP contribution in [0, 0.1) is 28.4 Å². The van der Waals surface area contributed by atoms with Crippen molar-refractivity contribution in [2.75, 3.05) is 0 Å². The number of nitriles is 1. The molecule has 0 aromatic heterocycles. The number of hydrogen-bond donors (Lipinski definition) is 0. The Morgan fingerprint density at radius 1 is 1.62 bits per heavy atom. The minimum Gasteiger partial charge on any atom is -0.258 e. The number of hydrogen-bond acceptors (Lipinski definition) is 3. The quantitative estimate of drug-likeness (QED) is 0.560. The minimum absolute atomic E-state index is 0.0750. The summed E-state index contributed by atoms with van der Waals surface area (Å²) in [5.74, 6) is 0. The highest BCUT2D eigenvalue weighted by Crippen LogP contribution is 2.25. The lowest BCUT2D eigenvalue weighted by Crippen LogP contribution is -1.91. The molecule has 0 atom stereocenters. The van der Waals surface area contributed by atoms with Crippen molar-refractivity contribution >= 4 is 21.6 Å². The van der Waals surface area contributed by atoms with E-state index in [0.717, 1.165) is 0 Å². The van der Waals surface area contributed by atoms with Gasteiger partial charge in [0.2, 0.25) is 0 Å². The highest BCUT2D eigenvalue weighted by atomic mass is 79.9. The molecule has 4 nitrogen and oxygen atoms in total. The van der Waals surface area contributed by atoms with Crippen LogP contribution in [0.2, 0.25) is 0 Å². The van der Waals surface area contributed by atoms with Gasteiger partial charge < -0.3 is 0 Å². The molecule has 0 bridgehead atoms. The molecule has 0 spiro atoms. The molecule has 0 heterocycles. The van der Waals surface area contributed by atoms with Crippen molar-refractivity contribution in [3.63, 3.8) is 0 Å². The second kappa shape index (κ2) is 3.54. The van der Waals surface area contributed by atoms with E-state index in [1.165, 1.54) is 12.1 Å². The first-order valence-corrected chi connectivity index (χ1v) is 4.20. The monoisotopic (exact) mass is 240 g/mol. The number of rotatable bonds is 1. The molecule has 0 radical (unpaired) electrons. The molecule has 0 aliphatic carbocycles. The van der Waals surface area contributed by atoms with Crippen molar-refractivity contribution in [2.45, 2.75) is 6.92 Å². The normalized spacial score (nSPS) is 9.31. The van der Waals surface area contributed by atoms with Crippen molar-refractivity contribution < 1.29 is 4.92 Å². The van der Waals surface area contributed by atoms with Crippen LogP contribution >= 0.6 is 15.9 Å². The summed E-state index contributed by atoms with van der Waals surface area (Å²) < 4.78 is 0.582. The topological polar surface area (TPSA) is 66.9 Å². The van der Waals surface area contributed by atoms with Gasteiger partial charge in [-0.2, -0.15) is 5.26 Å². The smallest absolute Gasteiger partial charge is 0.258 e. The molecule has 1 aromatic rings. The van der Waals surface area contributed by atoms with Crippen LogP contribution in [0.4, 0.5) is 5.69 Å². The van der Waals surface area contributed by atoms with Gasteiger partial charge in [0.05, 0.1) is 16.6 Å². The predicted octanol–water partition coefficient (Wildman–Crippen LogP) is 2.54. The van der Waals surface area contributed by atoms with E-state index < -0.39 is 4.92 Å². The molecule has 0 saturated heterocycles. The van der Waals surface area contributed by atoms with Gasteiger partial charge in [-0.1, -0.05) is 15.9 Å². The van der Waals surface area contributed by atoms with Crippen LogP contribution in [0.25, 0.3) is 0 Å². The first kappa shape index (κ1) is 9.68. The van der Waals surface area contributed by atoms with Crippen LogP contribution in [-0.4, -0.2) is 4.92 Å². The van der Waals surface area contributed by atoms with Gasteiger partial charge >= 0.3 is 0 Å². The summed E-state index contributed by atoms with van der Waals surface area (Å²) in [4.78, 5) is 9.89. The SMILES string of the molecule is Cc1c(Br)cc([N+](=O)[O-])cc1C#N. The van der Waals surface area contributed by atoms with Crippen molar-refractivity contribution in [3.8, 4) is 6.07 Å². The number of benzene rings is 1. The third-order valence-corrected chi connectivity index (χ3v) is 2.48. The molecular formula is C8H5BrN2O2. The molecule has 0 fully saturated rings. The Kier molecular flexibility index (Phi) is 2.63. The van der Waals surface area contributed by atoms with Crippen LogP contribution in [0.1, 0.15) is 11.1 Å². The van der Waals surface area contributed by atoms with E-state index >= 15 is 0 Å². The van der Waals surface area contributed by atoms with E-state index in [2.05, 4.69) is 15.9 Å². The molecule has 0 aliphatic heterocycles. The zero-order chi connectivity index (χ0) is 10.0. The summed E-state index contributed by atoms with van der Waals surface area (Å²) in [6, 6.07) is 4.55. The van der Waals surface area contributed by atoms with Gasteiger partial charge in [-0.15, -0.1) is 0 Å². The van der Waals surface area contributed by atoms with Crippen LogP contribution in [0.5, 0.6) is 0 Å². The Bertz CT molecular complexity index is 409. The van der Waals surface area contributed by atoms with E-state index in [9.17, 15) is 10.1 Å². The van der Waals surface area contributed by atoms with Crippen LogP contribution in [0.15, 0.2) is 16.6 Å². The molecule has 0 unspecified atom stereocenters. The number of nitrogens with zero attached hydrogens (tertiary/aromatic N) is 2. The van der Waals surface area contributed by atoms with E-state index in [1.54, 1.807) is 6.92 Å². The van der Waals surface area contributed by atoms with Crippen molar-refractivity contribution in [1.29, 1.82) is 5.26 Å². The molecular weight excluding hydrogens is 236 g/mol. The van der Waals surface area contributed by atoms with Gasteiger partial charge in [-0.25, -0.2) is 0 Å². The fraction of sp³-hybridized carbons (Fsp3) is 0.125. The number of nitro benzene ring substituents is 1. The number of halogens is 1. The Balaban J connectivity index is 3.41. The first-order chi connectivity index (χ1) is 6.06. The molecule has 0 N–H and O–H groups in total. The predicted molar refractivity (Wildman–Crippen MR) is 50.2 cm³/mol. The Morgan fingerprint density at radius 2 is 2.23 bits per heavy atom. The molecule has 13 heavy (non-hydrogen) atoms. The van der Waals surface area contributed by atoms with E-state index in [0.29, 0.717) is 15.6 Å². The summed E-state index contributed by atoms with van der Waals surface area (Å²) >= 11 is 3.15. The maximum Gasteiger partial charge on any atom is 0.271 e. The average Bonchev–Trinajstić information content (AvgIpc) is 2.09. The maximum atomic E-state index is 10.4. The lowest BCUT2D eigenvalue weighted by Gasteiger charge is -1.99. The highest BCUT2D eigenvalue weighted by Gasteiger charge is 2.11. The summed E-state index contributed by atoms with van der Waals surface area (Å²) in [6.45, 7) is 1.73. The molecule has 0 amide bonds.